The van der Waals surface area contributed by atoms with Gasteiger partial charge in [0, 0.05) is 19.0 Å². The van der Waals surface area contributed by atoms with Crippen molar-refractivity contribution >= 4 is 17.4 Å². The summed E-state index contributed by atoms with van der Waals surface area (Å²) < 4.78 is 0. The molecule has 0 atom stereocenters. The molecule has 0 aliphatic heterocycles. The Bertz CT molecular complexity index is 718. The van der Waals surface area contributed by atoms with Crippen LogP contribution in [0.25, 0.3) is 0 Å². The summed E-state index contributed by atoms with van der Waals surface area (Å²) in [5.41, 5.74) is 3.68. The molecule has 3 nitrogen and oxygen atoms in total. The van der Waals surface area contributed by atoms with Crippen LogP contribution in [-0.4, -0.2) is 12.6 Å². The van der Waals surface area contributed by atoms with Crippen LogP contribution in [0, 0.1) is 0 Å². The Morgan fingerprint density at radius 3 is 2.08 bits per heavy atom. The zero-order valence-electron chi connectivity index (χ0n) is 14.0. The van der Waals surface area contributed by atoms with E-state index in [-0.39, 0.29) is 11.9 Å². The molecule has 0 aliphatic rings. The smallest absolute Gasteiger partial charge is 0.315 e. The zero-order valence-corrected chi connectivity index (χ0v) is 14.8. The maximum absolute atomic E-state index is 12.0. The first kappa shape index (κ1) is 17.2. The lowest BCUT2D eigenvalue weighted by atomic mass is 9.88. The Morgan fingerprint density at radius 2 is 1.52 bits per heavy atom. The molecule has 3 aromatic rings. The molecule has 0 aliphatic carbocycles. The Morgan fingerprint density at radius 1 is 0.880 bits per heavy atom. The van der Waals surface area contributed by atoms with Gasteiger partial charge in [0.15, 0.2) is 0 Å². The molecule has 0 fully saturated rings. The fourth-order valence-corrected chi connectivity index (χ4v) is 3.53. The van der Waals surface area contributed by atoms with E-state index < -0.39 is 0 Å². The van der Waals surface area contributed by atoms with Gasteiger partial charge in [-0.25, -0.2) is 4.79 Å². The highest BCUT2D eigenvalue weighted by molar-refractivity contribution is 7.07. The fraction of sp³-hybridized carbons (Fsp3) is 0.190. The monoisotopic (exact) mass is 350 g/mol. The number of urea groups is 1. The highest BCUT2D eigenvalue weighted by Gasteiger charge is 2.14. The number of hydrogen-bond donors (Lipinski definition) is 2. The van der Waals surface area contributed by atoms with Crippen LogP contribution in [0.2, 0.25) is 0 Å². The highest BCUT2D eigenvalue weighted by Crippen LogP contribution is 2.27. The maximum Gasteiger partial charge on any atom is 0.315 e. The van der Waals surface area contributed by atoms with E-state index in [1.807, 2.05) is 29.0 Å². The molecule has 0 unspecified atom stereocenters. The van der Waals surface area contributed by atoms with Crippen LogP contribution in [0.3, 0.4) is 0 Å². The van der Waals surface area contributed by atoms with Crippen molar-refractivity contribution in [1.82, 2.24) is 10.6 Å². The second-order valence-electron chi connectivity index (χ2n) is 5.90. The largest absolute Gasteiger partial charge is 0.338 e. The molecular formula is C21H22N2OS. The number of benzene rings is 2. The van der Waals surface area contributed by atoms with Crippen molar-refractivity contribution in [3.05, 3.63) is 94.2 Å². The lowest BCUT2D eigenvalue weighted by Crippen LogP contribution is -2.36. The molecule has 3 rings (SSSR count). The van der Waals surface area contributed by atoms with Crippen LogP contribution >= 0.6 is 11.3 Å². The molecule has 0 saturated heterocycles. The van der Waals surface area contributed by atoms with Gasteiger partial charge in [0.05, 0.1) is 0 Å². The van der Waals surface area contributed by atoms with Crippen molar-refractivity contribution in [2.24, 2.45) is 0 Å². The van der Waals surface area contributed by atoms with Crippen molar-refractivity contribution in [2.75, 3.05) is 6.54 Å². The molecule has 1 aromatic heterocycles. The summed E-state index contributed by atoms with van der Waals surface area (Å²) >= 11 is 1.64. The Hall–Kier alpha value is -2.59. The number of carbonyl (C=O) groups excluding carboxylic acids is 1. The van der Waals surface area contributed by atoms with Crippen LogP contribution in [0.5, 0.6) is 0 Å². The zero-order chi connectivity index (χ0) is 17.3. The van der Waals surface area contributed by atoms with Gasteiger partial charge in [0.2, 0.25) is 0 Å². The van der Waals surface area contributed by atoms with E-state index in [1.54, 1.807) is 11.3 Å². The number of thiophene rings is 1. The van der Waals surface area contributed by atoms with Crippen molar-refractivity contribution in [2.45, 2.75) is 18.9 Å². The summed E-state index contributed by atoms with van der Waals surface area (Å²) in [6, 6.07) is 22.8. The minimum absolute atomic E-state index is 0.119. The topological polar surface area (TPSA) is 41.1 Å². The Balaban J connectivity index is 1.55. The second-order valence-corrected chi connectivity index (χ2v) is 6.68. The number of rotatable bonds is 7. The predicted molar refractivity (Wildman–Crippen MR) is 104 cm³/mol. The van der Waals surface area contributed by atoms with Gasteiger partial charge in [-0.3, -0.25) is 0 Å². The summed E-state index contributed by atoms with van der Waals surface area (Å²) in [5, 5.41) is 9.92. The third-order valence-electron chi connectivity index (χ3n) is 4.16. The summed E-state index contributed by atoms with van der Waals surface area (Å²) in [5.74, 6) is 0.277. The van der Waals surface area contributed by atoms with Crippen LogP contribution < -0.4 is 10.6 Å². The quantitative estimate of drug-likeness (QED) is 0.633. The maximum atomic E-state index is 12.0. The third-order valence-corrected chi connectivity index (χ3v) is 4.89. The van der Waals surface area contributed by atoms with Crippen LogP contribution in [0.4, 0.5) is 4.79 Å². The van der Waals surface area contributed by atoms with E-state index in [0.717, 1.165) is 12.0 Å². The fourth-order valence-electron chi connectivity index (χ4n) is 2.86. The molecule has 4 heteroatoms. The molecule has 0 bridgehead atoms. The van der Waals surface area contributed by atoms with E-state index in [4.69, 9.17) is 0 Å². The van der Waals surface area contributed by atoms with Crippen molar-refractivity contribution in [3.8, 4) is 0 Å². The average molecular weight is 350 g/mol. The van der Waals surface area contributed by atoms with Gasteiger partial charge in [0.25, 0.3) is 0 Å². The first-order valence-electron chi connectivity index (χ1n) is 8.45. The van der Waals surface area contributed by atoms with Crippen LogP contribution in [0.15, 0.2) is 77.5 Å². The summed E-state index contributed by atoms with van der Waals surface area (Å²) in [6.07, 6.45) is 0.861. The van der Waals surface area contributed by atoms with Crippen molar-refractivity contribution in [1.29, 1.82) is 0 Å². The summed E-state index contributed by atoms with van der Waals surface area (Å²) in [6.45, 7) is 1.19. The normalized spacial score (nSPS) is 10.6. The number of hydrogen-bond acceptors (Lipinski definition) is 2. The number of nitrogens with one attached hydrogen (secondary N) is 2. The molecule has 0 spiro atoms. The van der Waals surface area contributed by atoms with E-state index in [9.17, 15) is 4.79 Å². The van der Waals surface area contributed by atoms with E-state index >= 15 is 0 Å². The standard InChI is InChI=1S/C21H22N2OS/c24-21(23-15-17-12-14-25-16-17)22-13-11-20(18-7-3-1-4-8-18)19-9-5-2-6-10-19/h1-10,12,14,16,20H,11,13,15H2,(H2,22,23,24). The minimum Gasteiger partial charge on any atom is -0.338 e. The molecule has 2 aromatic carbocycles. The molecule has 0 saturated carbocycles. The SMILES string of the molecule is O=C(NCCC(c1ccccc1)c1ccccc1)NCc1ccsc1. The van der Waals surface area contributed by atoms with E-state index in [0.29, 0.717) is 13.1 Å². The van der Waals surface area contributed by atoms with Gasteiger partial charge in [-0.1, -0.05) is 60.7 Å². The van der Waals surface area contributed by atoms with E-state index in [2.05, 4.69) is 59.2 Å². The van der Waals surface area contributed by atoms with Gasteiger partial charge in [-0.05, 0) is 39.9 Å². The molecule has 2 amide bonds. The molecule has 25 heavy (non-hydrogen) atoms. The van der Waals surface area contributed by atoms with Crippen LogP contribution in [-0.2, 0) is 6.54 Å². The van der Waals surface area contributed by atoms with Crippen molar-refractivity contribution < 1.29 is 4.79 Å². The highest BCUT2D eigenvalue weighted by atomic mass is 32.1. The number of carbonyl (C=O) groups is 1. The lowest BCUT2D eigenvalue weighted by Gasteiger charge is -2.18. The first-order chi connectivity index (χ1) is 12.3. The van der Waals surface area contributed by atoms with Gasteiger partial charge in [0.1, 0.15) is 0 Å². The van der Waals surface area contributed by atoms with Gasteiger partial charge < -0.3 is 10.6 Å². The first-order valence-corrected chi connectivity index (χ1v) is 9.40. The molecule has 2 N–H and O–H groups in total. The van der Waals surface area contributed by atoms with Gasteiger partial charge >= 0.3 is 6.03 Å². The van der Waals surface area contributed by atoms with Crippen LogP contribution in [0.1, 0.15) is 29.0 Å². The second kappa shape index (κ2) is 9.04. The number of amides is 2. The Kier molecular flexibility index (Phi) is 6.23. The lowest BCUT2D eigenvalue weighted by molar-refractivity contribution is 0.240. The average Bonchev–Trinajstić information content (AvgIpc) is 3.19. The molecular weight excluding hydrogens is 328 g/mol. The molecule has 0 radical (unpaired) electrons. The Labute approximate surface area is 152 Å². The predicted octanol–water partition coefficient (Wildman–Crippen LogP) is 4.77. The third kappa shape index (κ3) is 5.19. The van der Waals surface area contributed by atoms with Gasteiger partial charge in [-0.15, -0.1) is 0 Å². The summed E-state index contributed by atoms with van der Waals surface area (Å²) in [4.78, 5) is 12.0. The minimum atomic E-state index is -0.119. The summed E-state index contributed by atoms with van der Waals surface area (Å²) in [7, 11) is 0. The van der Waals surface area contributed by atoms with E-state index in [1.165, 1.54) is 11.1 Å². The molecule has 1 heterocycles. The van der Waals surface area contributed by atoms with Gasteiger partial charge in [-0.2, -0.15) is 11.3 Å². The van der Waals surface area contributed by atoms with Crippen molar-refractivity contribution in [3.63, 3.8) is 0 Å². The molecule has 128 valence electrons.